The van der Waals surface area contributed by atoms with Crippen LogP contribution in [0.15, 0.2) is 18.2 Å². The number of benzene rings is 1. The van der Waals surface area contributed by atoms with Crippen molar-refractivity contribution in [2.45, 2.75) is 6.92 Å². The molecule has 0 fully saturated rings. The topological polar surface area (TPSA) is 38.7 Å². The van der Waals surface area contributed by atoms with Crippen LogP contribution in [0.4, 0.5) is 0 Å². The van der Waals surface area contributed by atoms with Crippen LogP contribution in [0.25, 0.3) is 0 Å². The van der Waals surface area contributed by atoms with Gasteiger partial charge in [0.2, 0.25) is 0 Å². The van der Waals surface area contributed by atoms with Crippen LogP contribution in [-0.2, 0) is 0 Å². The fraction of sp³-hybridized carbons (Fsp3) is 0.250. The zero-order valence-corrected chi connectivity index (χ0v) is 7.07. The Kier molecular flexibility index (Phi) is 2.99. The molecular weight excluding hydrogens is 155 g/mol. The molecule has 0 unspecified atom stereocenters. The minimum absolute atomic E-state index is 0.594. The van der Waals surface area contributed by atoms with Crippen molar-refractivity contribution in [3.05, 3.63) is 23.8 Å². The van der Waals surface area contributed by atoms with Crippen LogP contribution in [0.1, 0.15) is 5.56 Å². The van der Waals surface area contributed by atoms with E-state index in [0.717, 1.165) is 5.56 Å². The molecule has 0 aliphatic carbocycles. The quantitative estimate of drug-likeness (QED) is 0.676. The van der Waals surface area contributed by atoms with Crippen molar-refractivity contribution in [1.82, 2.24) is 0 Å². The molecule has 4 heteroatoms. The maximum atomic E-state index is 8.42. The Labute approximate surface area is 72.2 Å². The molecule has 0 amide bonds. The van der Waals surface area contributed by atoms with Gasteiger partial charge < -0.3 is 14.4 Å². The molecule has 0 heterocycles. The summed E-state index contributed by atoms with van der Waals surface area (Å²) in [5.41, 5.74) is 0.945. The summed E-state index contributed by atoms with van der Waals surface area (Å²) in [6.07, 6.45) is 0. The van der Waals surface area contributed by atoms with Gasteiger partial charge >= 0.3 is 7.69 Å². The second-order valence-electron chi connectivity index (χ2n) is 2.35. The van der Waals surface area contributed by atoms with Crippen molar-refractivity contribution in [2.75, 3.05) is 7.11 Å². The van der Waals surface area contributed by atoms with Gasteiger partial charge in [-0.15, -0.1) is 0 Å². The fourth-order valence-corrected chi connectivity index (χ4v) is 0.891. The van der Waals surface area contributed by atoms with E-state index in [-0.39, 0.29) is 0 Å². The van der Waals surface area contributed by atoms with E-state index in [9.17, 15) is 0 Å². The highest BCUT2D eigenvalue weighted by molar-refractivity contribution is 6.17. The summed E-state index contributed by atoms with van der Waals surface area (Å²) in [4.78, 5) is 0. The number of ether oxygens (including phenoxy) is 1. The zero-order chi connectivity index (χ0) is 8.97. The first-order valence-corrected chi connectivity index (χ1v) is 3.55. The minimum atomic E-state index is 0.594. The molecule has 1 aromatic carbocycles. The van der Waals surface area contributed by atoms with Crippen molar-refractivity contribution < 1.29 is 14.4 Å². The van der Waals surface area contributed by atoms with Crippen LogP contribution in [-0.4, -0.2) is 19.8 Å². The molecule has 0 aliphatic heterocycles. The smallest absolute Gasteiger partial charge is 0.537 e. The number of hydrogen-bond acceptors (Lipinski definition) is 3. The number of methoxy groups -OCH3 is 1. The molecule has 0 saturated heterocycles. The average molecular weight is 165 g/mol. The van der Waals surface area contributed by atoms with E-state index in [1.165, 1.54) is 0 Å². The Morgan fingerprint density at radius 2 is 2.17 bits per heavy atom. The average Bonchev–Trinajstić information content (AvgIpc) is 2.09. The van der Waals surface area contributed by atoms with Crippen molar-refractivity contribution >= 4 is 7.69 Å². The van der Waals surface area contributed by atoms with Crippen molar-refractivity contribution in [3.8, 4) is 11.5 Å². The number of hydrogen-bond donors (Lipinski definition) is 1. The second-order valence-corrected chi connectivity index (χ2v) is 2.35. The van der Waals surface area contributed by atoms with E-state index in [0.29, 0.717) is 19.2 Å². The molecule has 1 aromatic rings. The first kappa shape index (κ1) is 8.94. The van der Waals surface area contributed by atoms with Gasteiger partial charge in [-0.1, -0.05) is 6.07 Å². The number of aryl methyl sites for hydroxylation is 1. The first-order chi connectivity index (χ1) is 5.77. The molecule has 12 heavy (non-hydrogen) atoms. The SMILES string of the molecule is COc1ccc(C)c(O[B]O)c1. The van der Waals surface area contributed by atoms with E-state index in [1.807, 2.05) is 19.1 Å². The van der Waals surface area contributed by atoms with Gasteiger partial charge in [0, 0.05) is 6.07 Å². The summed E-state index contributed by atoms with van der Waals surface area (Å²) < 4.78 is 9.81. The highest BCUT2D eigenvalue weighted by atomic mass is 16.5. The molecule has 1 N–H and O–H groups in total. The van der Waals surface area contributed by atoms with E-state index in [2.05, 4.69) is 0 Å². The standard InChI is InChI=1S/C8H10BO3/c1-6-3-4-7(11-2)5-8(6)12-9-10/h3-5,10H,1-2H3. The lowest BCUT2D eigenvalue weighted by atomic mass is 10.2. The van der Waals surface area contributed by atoms with Gasteiger partial charge in [0.15, 0.2) is 0 Å². The molecule has 0 spiro atoms. The molecule has 1 rings (SSSR count). The predicted octanol–water partition coefficient (Wildman–Crippen LogP) is 0.909. The number of rotatable bonds is 3. The Hall–Kier alpha value is -1.16. The van der Waals surface area contributed by atoms with E-state index >= 15 is 0 Å². The van der Waals surface area contributed by atoms with Crippen LogP contribution in [0, 0.1) is 6.92 Å². The molecule has 0 saturated carbocycles. The summed E-state index contributed by atoms with van der Waals surface area (Å²) in [5, 5.41) is 8.42. The molecule has 0 bridgehead atoms. The maximum absolute atomic E-state index is 8.42. The molecule has 0 aliphatic rings. The van der Waals surface area contributed by atoms with E-state index < -0.39 is 0 Å². The zero-order valence-electron chi connectivity index (χ0n) is 7.07. The minimum Gasteiger partial charge on any atom is -0.537 e. The van der Waals surface area contributed by atoms with Gasteiger partial charge in [-0.3, -0.25) is 0 Å². The Morgan fingerprint density at radius 1 is 1.42 bits per heavy atom. The highest BCUT2D eigenvalue weighted by Gasteiger charge is 2.01. The summed E-state index contributed by atoms with van der Waals surface area (Å²) in [6, 6.07) is 5.40. The third-order valence-electron chi connectivity index (χ3n) is 1.57. The molecule has 0 atom stereocenters. The molecule has 1 radical (unpaired) electrons. The summed E-state index contributed by atoms with van der Waals surface area (Å²) in [5.74, 6) is 1.30. The summed E-state index contributed by atoms with van der Waals surface area (Å²) >= 11 is 0. The monoisotopic (exact) mass is 165 g/mol. The van der Waals surface area contributed by atoms with Gasteiger partial charge in [0.25, 0.3) is 0 Å². The van der Waals surface area contributed by atoms with Gasteiger partial charge in [-0.2, -0.15) is 0 Å². The van der Waals surface area contributed by atoms with Gasteiger partial charge in [-0.05, 0) is 18.6 Å². The van der Waals surface area contributed by atoms with Crippen molar-refractivity contribution in [3.63, 3.8) is 0 Å². The largest absolute Gasteiger partial charge is 0.569 e. The Morgan fingerprint density at radius 3 is 2.75 bits per heavy atom. The van der Waals surface area contributed by atoms with Crippen molar-refractivity contribution in [1.29, 1.82) is 0 Å². The molecular formula is C8H10BO3. The summed E-state index contributed by atoms with van der Waals surface area (Å²) in [6.45, 7) is 1.89. The first-order valence-electron chi connectivity index (χ1n) is 3.55. The van der Waals surface area contributed by atoms with Crippen LogP contribution >= 0.6 is 0 Å². The maximum Gasteiger partial charge on any atom is 0.569 e. The van der Waals surface area contributed by atoms with E-state index in [1.54, 1.807) is 13.2 Å². The molecule has 63 valence electrons. The predicted molar refractivity (Wildman–Crippen MR) is 46.3 cm³/mol. The fourth-order valence-electron chi connectivity index (χ4n) is 0.891. The normalized spacial score (nSPS) is 9.25. The van der Waals surface area contributed by atoms with Gasteiger partial charge in [0.1, 0.15) is 11.5 Å². The summed E-state index contributed by atoms with van der Waals surface area (Å²) in [7, 11) is 2.24. The lowest BCUT2D eigenvalue weighted by Crippen LogP contribution is -2.01. The van der Waals surface area contributed by atoms with Gasteiger partial charge in [0.05, 0.1) is 7.11 Å². The second kappa shape index (κ2) is 4.02. The van der Waals surface area contributed by atoms with E-state index in [4.69, 9.17) is 14.4 Å². The molecule has 0 aromatic heterocycles. The lowest BCUT2D eigenvalue weighted by Gasteiger charge is -2.07. The third kappa shape index (κ3) is 1.92. The van der Waals surface area contributed by atoms with Crippen LogP contribution in [0.2, 0.25) is 0 Å². The lowest BCUT2D eigenvalue weighted by molar-refractivity contribution is 0.408. The highest BCUT2D eigenvalue weighted by Crippen LogP contribution is 2.23. The van der Waals surface area contributed by atoms with Crippen LogP contribution < -0.4 is 9.39 Å². The van der Waals surface area contributed by atoms with Crippen LogP contribution in [0.3, 0.4) is 0 Å². The molecule has 3 nitrogen and oxygen atoms in total. The van der Waals surface area contributed by atoms with Crippen molar-refractivity contribution in [2.24, 2.45) is 0 Å². The van der Waals surface area contributed by atoms with Gasteiger partial charge in [-0.25, -0.2) is 0 Å². The Balaban J connectivity index is 2.91. The Bertz CT molecular complexity index is 262. The van der Waals surface area contributed by atoms with Crippen LogP contribution in [0.5, 0.6) is 11.5 Å². The third-order valence-corrected chi connectivity index (χ3v) is 1.57.